The number of furan rings is 1. The summed E-state index contributed by atoms with van der Waals surface area (Å²) in [6.45, 7) is 7.19. The van der Waals surface area contributed by atoms with Crippen LogP contribution in [0.25, 0.3) is 0 Å². The highest BCUT2D eigenvalue weighted by molar-refractivity contribution is 5.79. The summed E-state index contributed by atoms with van der Waals surface area (Å²) in [7, 11) is 0. The summed E-state index contributed by atoms with van der Waals surface area (Å²) in [6, 6.07) is 3.96. The van der Waals surface area contributed by atoms with Crippen molar-refractivity contribution in [2.24, 2.45) is 11.3 Å². The molecule has 1 spiro atoms. The van der Waals surface area contributed by atoms with Gasteiger partial charge >= 0.3 is 0 Å². The van der Waals surface area contributed by atoms with Gasteiger partial charge in [0.1, 0.15) is 5.76 Å². The van der Waals surface area contributed by atoms with Gasteiger partial charge in [-0.25, -0.2) is 0 Å². The summed E-state index contributed by atoms with van der Waals surface area (Å²) < 4.78 is 16.8. The first-order valence-electron chi connectivity index (χ1n) is 9.43. The Hall–Kier alpha value is -1.37. The van der Waals surface area contributed by atoms with Crippen LogP contribution in [-0.4, -0.2) is 68.3 Å². The van der Waals surface area contributed by atoms with Gasteiger partial charge in [-0.3, -0.25) is 9.69 Å². The van der Waals surface area contributed by atoms with E-state index in [-0.39, 0.29) is 11.3 Å². The van der Waals surface area contributed by atoms with Crippen molar-refractivity contribution in [3.63, 3.8) is 0 Å². The van der Waals surface area contributed by atoms with Gasteiger partial charge in [-0.15, -0.1) is 0 Å². The van der Waals surface area contributed by atoms with Crippen molar-refractivity contribution in [2.75, 3.05) is 52.6 Å². The lowest BCUT2D eigenvalue weighted by atomic mass is 9.87. The molecule has 1 aromatic heterocycles. The van der Waals surface area contributed by atoms with E-state index in [0.29, 0.717) is 25.7 Å². The van der Waals surface area contributed by atoms with E-state index >= 15 is 0 Å². The molecule has 3 aliphatic heterocycles. The Bertz CT molecular complexity index is 570. The van der Waals surface area contributed by atoms with Crippen LogP contribution in [0.3, 0.4) is 0 Å². The van der Waals surface area contributed by atoms with Gasteiger partial charge in [0.25, 0.3) is 0 Å². The molecule has 0 aliphatic carbocycles. The molecule has 4 heterocycles. The zero-order valence-electron chi connectivity index (χ0n) is 14.8. The molecule has 3 aliphatic rings. The quantitative estimate of drug-likeness (QED) is 0.833. The molecule has 1 unspecified atom stereocenters. The second kappa shape index (κ2) is 7.48. The molecule has 4 rings (SSSR count). The average Bonchev–Trinajstić information content (AvgIpc) is 3.23. The number of nitrogens with zero attached hydrogens (tertiary/aromatic N) is 2. The highest BCUT2D eigenvalue weighted by Crippen LogP contribution is 2.35. The van der Waals surface area contributed by atoms with Crippen LogP contribution in [0.2, 0.25) is 0 Å². The Kier molecular flexibility index (Phi) is 5.10. The fraction of sp³-hybridized carbons (Fsp3) is 0.737. The molecule has 3 saturated heterocycles. The number of carbonyl (C=O) groups is 1. The molecular formula is C19H28N2O4. The van der Waals surface area contributed by atoms with Crippen molar-refractivity contribution >= 4 is 5.91 Å². The van der Waals surface area contributed by atoms with Crippen LogP contribution in [0.1, 0.15) is 25.0 Å². The molecule has 6 heteroatoms. The Morgan fingerprint density at radius 3 is 2.84 bits per heavy atom. The van der Waals surface area contributed by atoms with Crippen molar-refractivity contribution in [2.45, 2.75) is 25.8 Å². The fourth-order valence-electron chi connectivity index (χ4n) is 4.42. The van der Waals surface area contributed by atoms with Gasteiger partial charge in [0.15, 0.2) is 0 Å². The second-order valence-electron chi connectivity index (χ2n) is 7.74. The lowest BCUT2D eigenvalue weighted by molar-refractivity contribution is -0.139. The number of hydrogen-bond acceptors (Lipinski definition) is 5. The van der Waals surface area contributed by atoms with Crippen LogP contribution < -0.4 is 0 Å². The maximum Gasteiger partial charge on any atom is 0.225 e. The molecule has 3 fully saturated rings. The Balaban J connectivity index is 1.40. The summed E-state index contributed by atoms with van der Waals surface area (Å²) in [4.78, 5) is 17.5. The number of rotatable bonds is 3. The van der Waals surface area contributed by atoms with Gasteiger partial charge in [0.2, 0.25) is 5.91 Å². The number of carbonyl (C=O) groups excluding carboxylic acids is 1. The smallest absolute Gasteiger partial charge is 0.225 e. The Morgan fingerprint density at radius 2 is 2.04 bits per heavy atom. The molecule has 25 heavy (non-hydrogen) atoms. The third kappa shape index (κ3) is 3.91. The molecule has 1 atom stereocenters. The minimum absolute atomic E-state index is 0.0594. The van der Waals surface area contributed by atoms with Crippen LogP contribution in [0.5, 0.6) is 0 Å². The summed E-state index contributed by atoms with van der Waals surface area (Å²) >= 11 is 0. The van der Waals surface area contributed by atoms with Gasteiger partial charge in [-0.1, -0.05) is 0 Å². The van der Waals surface area contributed by atoms with Crippen molar-refractivity contribution < 1.29 is 18.7 Å². The van der Waals surface area contributed by atoms with Gasteiger partial charge in [-0.2, -0.15) is 0 Å². The van der Waals surface area contributed by atoms with E-state index < -0.39 is 0 Å². The summed E-state index contributed by atoms with van der Waals surface area (Å²) in [6.07, 6.45) is 4.51. The Morgan fingerprint density at radius 1 is 1.16 bits per heavy atom. The van der Waals surface area contributed by atoms with E-state index in [1.54, 1.807) is 6.26 Å². The van der Waals surface area contributed by atoms with Crippen LogP contribution in [0, 0.1) is 11.3 Å². The predicted octanol–water partition coefficient (Wildman–Crippen LogP) is 1.76. The molecule has 0 radical (unpaired) electrons. The van der Waals surface area contributed by atoms with Crippen molar-refractivity contribution in [3.05, 3.63) is 24.2 Å². The van der Waals surface area contributed by atoms with E-state index in [9.17, 15) is 4.79 Å². The van der Waals surface area contributed by atoms with Crippen molar-refractivity contribution in [1.29, 1.82) is 0 Å². The van der Waals surface area contributed by atoms with E-state index in [0.717, 1.165) is 64.4 Å². The third-order valence-electron chi connectivity index (χ3n) is 5.80. The highest BCUT2D eigenvalue weighted by Gasteiger charge is 2.43. The molecule has 138 valence electrons. The second-order valence-corrected chi connectivity index (χ2v) is 7.74. The summed E-state index contributed by atoms with van der Waals surface area (Å²) in [5.74, 6) is 1.43. The number of hydrogen-bond donors (Lipinski definition) is 0. The maximum absolute atomic E-state index is 13.0. The number of amides is 1. The van der Waals surface area contributed by atoms with Gasteiger partial charge in [0, 0.05) is 44.2 Å². The molecule has 0 aromatic carbocycles. The zero-order chi connectivity index (χ0) is 17.1. The number of ether oxygens (including phenoxy) is 2. The van der Waals surface area contributed by atoms with Crippen LogP contribution in [0.15, 0.2) is 22.8 Å². The molecule has 0 N–H and O–H groups in total. The monoisotopic (exact) mass is 348 g/mol. The first kappa shape index (κ1) is 17.1. The first-order valence-corrected chi connectivity index (χ1v) is 9.43. The van der Waals surface area contributed by atoms with Gasteiger partial charge in [0.05, 0.1) is 26.0 Å². The molecule has 0 bridgehead atoms. The molecule has 1 amide bonds. The number of likely N-dealkylation sites (tertiary alicyclic amines) is 1. The minimum Gasteiger partial charge on any atom is -0.468 e. The minimum atomic E-state index is 0.0594. The van der Waals surface area contributed by atoms with Crippen LogP contribution >= 0.6 is 0 Å². The summed E-state index contributed by atoms with van der Waals surface area (Å²) in [5, 5.41) is 0. The molecular weight excluding hydrogens is 320 g/mol. The first-order chi connectivity index (χ1) is 12.2. The van der Waals surface area contributed by atoms with E-state index in [1.165, 1.54) is 0 Å². The van der Waals surface area contributed by atoms with E-state index in [4.69, 9.17) is 13.9 Å². The zero-order valence-corrected chi connectivity index (χ0v) is 14.8. The predicted molar refractivity (Wildman–Crippen MR) is 92.0 cm³/mol. The molecule has 6 nitrogen and oxygen atoms in total. The molecule has 1 aromatic rings. The maximum atomic E-state index is 13.0. The normalized spacial score (nSPS) is 29.2. The summed E-state index contributed by atoms with van der Waals surface area (Å²) in [5.41, 5.74) is 0.0594. The Labute approximate surface area is 149 Å². The van der Waals surface area contributed by atoms with Gasteiger partial charge in [-0.05, 0) is 37.9 Å². The SMILES string of the molecule is O=C(C1CCOCC1)N1CCOCC2(CCN(Cc3ccco3)C2)C1. The average molecular weight is 348 g/mol. The lowest BCUT2D eigenvalue weighted by Crippen LogP contribution is -2.46. The van der Waals surface area contributed by atoms with Gasteiger partial charge < -0.3 is 18.8 Å². The van der Waals surface area contributed by atoms with E-state index in [1.807, 2.05) is 12.1 Å². The van der Waals surface area contributed by atoms with Crippen LogP contribution in [-0.2, 0) is 20.8 Å². The lowest BCUT2D eigenvalue weighted by Gasteiger charge is -2.34. The molecule has 0 saturated carbocycles. The van der Waals surface area contributed by atoms with Crippen molar-refractivity contribution in [3.8, 4) is 0 Å². The van der Waals surface area contributed by atoms with Crippen LogP contribution in [0.4, 0.5) is 0 Å². The highest BCUT2D eigenvalue weighted by atomic mass is 16.5. The fourth-order valence-corrected chi connectivity index (χ4v) is 4.42. The third-order valence-corrected chi connectivity index (χ3v) is 5.80. The standard InChI is InChI=1S/C19H28N2O4/c22-18(16-3-9-23-10-4-16)21-7-11-24-15-19(14-21)5-6-20(13-19)12-17-2-1-8-25-17/h1-2,8,16H,3-7,9-15H2. The largest absolute Gasteiger partial charge is 0.468 e. The van der Waals surface area contributed by atoms with Crippen molar-refractivity contribution in [1.82, 2.24) is 9.80 Å². The van der Waals surface area contributed by atoms with E-state index in [2.05, 4.69) is 9.80 Å². The topological polar surface area (TPSA) is 55.1 Å².